The lowest BCUT2D eigenvalue weighted by molar-refractivity contribution is 0.0893. The largest absolute Gasteiger partial charge is 0.496 e. The molecule has 3 aromatic rings. The number of hydrogen-bond donors (Lipinski definition) is 2. The van der Waals surface area contributed by atoms with E-state index in [0.29, 0.717) is 17.1 Å². The number of methoxy groups -OCH3 is 2. The van der Waals surface area contributed by atoms with Gasteiger partial charge in [0.05, 0.1) is 18.9 Å². The van der Waals surface area contributed by atoms with E-state index in [9.17, 15) is 4.79 Å². The fourth-order valence-electron chi connectivity index (χ4n) is 3.75. The van der Waals surface area contributed by atoms with Gasteiger partial charge in [0.25, 0.3) is 5.91 Å². The maximum absolute atomic E-state index is 12.6. The van der Waals surface area contributed by atoms with Gasteiger partial charge in [0, 0.05) is 37.1 Å². The highest BCUT2D eigenvalue weighted by Gasteiger charge is 2.20. The van der Waals surface area contributed by atoms with Crippen molar-refractivity contribution in [1.29, 1.82) is 0 Å². The molecule has 0 aliphatic carbocycles. The van der Waals surface area contributed by atoms with Crippen LogP contribution in [0.4, 0.5) is 11.4 Å². The molecule has 1 aliphatic rings. The Morgan fingerprint density at radius 2 is 1.97 bits per heavy atom. The number of hydrogen-bond acceptors (Lipinski definition) is 5. The van der Waals surface area contributed by atoms with E-state index < -0.39 is 0 Å². The van der Waals surface area contributed by atoms with E-state index >= 15 is 0 Å². The maximum Gasteiger partial charge on any atom is 0.273 e. The molecule has 0 radical (unpaired) electrons. The van der Waals surface area contributed by atoms with Crippen molar-refractivity contribution in [3.8, 4) is 17.0 Å². The molecule has 0 spiro atoms. The zero-order valence-corrected chi connectivity index (χ0v) is 17.2. The first-order valence-electron chi connectivity index (χ1n) is 10.1. The van der Waals surface area contributed by atoms with Crippen LogP contribution in [-0.2, 0) is 4.74 Å². The van der Waals surface area contributed by atoms with Crippen LogP contribution < -0.4 is 15.0 Å². The average Bonchev–Trinajstić information content (AvgIpc) is 3.30. The number of nitrogens with zero attached hydrogens (tertiary/aromatic N) is 2. The van der Waals surface area contributed by atoms with Gasteiger partial charge in [-0.1, -0.05) is 12.1 Å². The number of nitrogens with one attached hydrogen (secondary N) is 2. The second kappa shape index (κ2) is 9.00. The first-order chi connectivity index (χ1) is 14.7. The molecule has 1 aliphatic heterocycles. The standard InChI is InChI=1S/C23H26N4O3/c1-29-18-6-5-13-27(15-18)17-11-9-16(10-12-17)24-23(28)21-14-20(25-26-21)19-7-3-4-8-22(19)30-2/h3-4,7-12,14,18H,5-6,13,15H2,1-2H3,(H,24,28)(H,25,26). The molecule has 1 aromatic heterocycles. The van der Waals surface area contributed by atoms with E-state index in [1.807, 2.05) is 48.5 Å². The highest BCUT2D eigenvalue weighted by molar-refractivity contribution is 6.03. The fraction of sp³-hybridized carbons (Fsp3) is 0.304. The molecule has 2 heterocycles. The third-order valence-corrected chi connectivity index (χ3v) is 5.41. The predicted molar refractivity (Wildman–Crippen MR) is 117 cm³/mol. The van der Waals surface area contributed by atoms with Gasteiger partial charge in [-0.3, -0.25) is 9.89 Å². The first kappa shape index (κ1) is 20.0. The molecule has 1 fully saturated rings. The summed E-state index contributed by atoms with van der Waals surface area (Å²) in [6, 6.07) is 17.2. The highest BCUT2D eigenvalue weighted by atomic mass is 16.5. The van der Waals surface area contributed by atoms with Gasteiger partial charge in [-0.25, -0.2) is 0 Å². The minimum Gasteiger partial charge on any atom is -0.496 e. The predicted octanol–water partition coefficient (Wildman–Crippen LogP) is 3.95. The number of carbonyl (C=O) groups excluding carboxylic acids is 1. The quantitative estimate of drug-likeness (QED) is 0.648. The summed E-state index contributed by atoms with van der Waals surface area (Å²) in [6.07, 6.45) is 2.49. The van der Waals surface area contributed by atoms with Crippen LogP contribution in [0.1, 0.15) is 23.3 Å². The van der Waals surface area contributed by atoms with Crippen molar-refractivity contribution in [3.63, 3.8) is 0 Å². The number of aromatic amines is 1. The number of anilines is 2. The molecular formula is C23H26N4O3. The Hall–Kier alpha value is -3.32. The van der Waals surface area contributed by atoms with Gasteiger partial charge in [-0.2, -0.15) is 5.10 Å². The van der Waals surface area contributed by atoms with Gasteiger partial charge in [0.15, 0.2) is 0 Å². The van der Waals surface area contributed by atoms with E-state index in [4.69, 9.17) is 9.47 Å². The van der Waals surface area contributed by atoms with Crippen molar-refractivity contribution in [2.75, 3.05) is 37.5 Å². The van der Waals surface area contributed by atoms with E-state index in [1.165, 1.54) is 0 Å². The van der Waals surface area contributed by atoms with Crippen molar-refractivity contribution in [2.24, 2.45) is 0 Å². The third kappa shape index (κ3) is 4.31. The number of para-hydroxylation sites is 1. The van der Waals surface area contributed by atoms with Gasteiger partial charge in [0.2, 0.25) is 0 Å². The SMILES string of the molecule is COc1ccccc1-c1cc(C(=O)Nc2ccc(N3CCCC(OC)C3)cc2)[nH]n1. The molecule has 2 aromatic carbocycles. The highest BCUT2D eigenvalue weighted by Crippen LogP contribution is 2.28. The topological polar surface area (TPSA) is 79.5 Å². The summed E-state index contributed by atoms with van der Waals surface area (Å²) in [5, 5.41) is 9.99. The maximum atomic E-state index is 12.6. The molecule has 7 nitrogen and oxygen atoms in total. The molecule has 1 unspecified atom stereocenters. The molecular weight excluding hydrogens is 380 g/mol. The summed E-state index contributed by atoms with van der Waals surface area (Å²) >= 11 is 0. The fourth-order valence-corrected chi connectivity index (χ4v) is 3.75. The van der Waals surface area contributed by atoms with Gasteiger partial charge in [-0.05, 0) is 55.3 Å². The average molecular weight is 406 g/mol. The van der Waals surface area contributed by atoms with E-state index in [0.717, 1.165) is 42.9 Å². The molecule has 0 bridgehead atoms. The van der Waals surface area contributed by atoms with Crippen molar-refractivity contribution >= 4 is 17.3 Å². The monoisotopic (exact) mass is 406 g/mol. The Balaban J connectivity index is 1.42. The number of carbonyl (C=O) groups is 1. The van der Waals surface area contributed by atoms with Crippen LogP contribution in [0.15, 0.2) is 54.6 Å². The molecule has 1 amide bonds. The number of piperidine rings is 1. The summed E-state index contributed by atoms with van der Waals surface area (Å²) in [6.45, 7) is 1.91. The van der Waals surface area contributed by atoms with E-state index in [1.54, 1.807) is 20.3 Å². The lowest BCUT2D eigenvalue weighted by Gasteiger charge is -2.33. The summed E-state index contributed by atoms with van der Waals surface area (Å²) in [4.78, 5) is 15.0. The van der Waals surface area contributed by atoms with Crippen LogP contribution >= 0.6 is 0 Å². The normalized spacial score (nSPS) is 16.3. The second-order valence-electron chi connectivity index (χ2n) is 7.31. The van der Waals surface area contributed by atoms with Crippen molar-refractivity contribution < 1.29 is 14.3 Å². The van der Waals surface area contributed by atoms with E-state index in [-0.39, 0.29) is 12.0 Å². The lowest BCUT2D eigenvalue weighted by atomic mass is 10.1. The molecule has 2 N–H and O–H groups in total. The number of aromatic nitrogens is 2. The van der Waals surface area contributed by atoms with Crippen LogP contribution in [0.2, 0.25) is 0 Å². The zero-order valence-electron chi connectivity index (χ0n) is 17.2. The van der Waals surface area contributed by atoms with Crippen molar-refractivity contribution in [2.45, 2.75) is 18.9 Å². The number of ether oxygens (including phenoxy) is 2. The van der Waals surface area contributed by atoms with E-state index in [2.05, 4.69) is 20.4 Å². The summed E-state index contributed by atoms with van der Waals surface area (Å²) in [5.74, 6) is 0.466. The zero-order chi connectivity index (χ0) is 20.9. The molecule has 4 rings (SSSR count). The van der Waals surface area contributed by atoms with Gasteiger partial charge >= 0.3 is 0 Å². The molecule has 1 atom stereocenters. The minimum atomic E-state index is -0.242. The summed E-state index contributed by atoms with van der Waals surface area (Å²) in [5.41, 5.74) is 3.74. The van der Waals surface area contributed by atoms with Gasteiger partial charge < -0.3 is 19.7 Å². The third-order valence-electron chi connectivity index (χ3n) is 5.41. The summed E-state index contributed by atoms with van der Waals surface area (Å²) < 4.78 is 10.9. The molecule has 7 heteroatoms. The van der Waals surface area contributed by atoms with Crippen LogP contribution in [0.5, 0.6) is 5.75 Å². The van der Waals surface area contributed by atoms with Gasteiger partial charge in [-0.15, -0.1) is 0 Å². The van der Waals surface area contributed by atoms with Crippen LogP contribution in [0, 0.1) is 0 Å². The number of benzene rings is 2. The Morgan fingerprint density at radius 3 is 2.73 bits per heavy atom. The number of amides is 1. The number of rotatable bonds is 6. The number of H-pyrrole nitrogens is 1. The minimum absolute atomic E-state index is 0.242. The van der Waals surface area contributed by atoms with Crippen molar-refractivity contribution in [1.82, 2.24) is 10.2 Å². The second-order valence-corrected chi connectivity index (χ2v) is 7.31. The first-order valence-corrected chi connectivity index (χ1v) is 10.1. The molecule has 156 valence electrons. The Morgan fingerprint density at radius 1 is 1.17 bits per heavy atom. The van der Waals surface area contributed by atoms with Crippen LogP contribution in [-0.4, -0.2) is 49.5 Å². The molecule has 0 saturated carbocycles. The smallest absolute Gasteiger partial charge is 0.273 e. The van der Waals surface area contributed by atoms with Crippen LogP contribution in [0.3, 0.4) is 0 Å². The molecule has 1 saturated heterocycles. The Labute approximate surface area is 176 Å². The molecule has 30 heavy (non-hydrogen) atoms. The van der Waals surface area contributed by atoms with Gasteiger partial charge in [0.1, 0.15) is 11.4 Å². The lowest BCUT2D eigenvalue weighted by Crippen LogP contribution is -2.39. The Kier molecular flexibility index (Phi) is 5.99. The van der Waals surface area contributed by atoms with Crippen molar-refractivity contribution in [3.05, 3.63) is 60.3 Å². The summed E-state index contributed by atoms with van der Waals surface area (Å²) in [7, 11) is 3.38. The Bertz CT molecular complexity index is 1000. The van der Waals surface area contributed by atoms with Crippen LogP contribution in [0.25, 0.3) is 11.3 Å².